The molecule has 2 heterocycles. The lowest BCUT2D eigenvalue weighted by Crippen LogP contribution is -2.50. The minimum atomic E-state index is -4.66. The van der Waals surface area contributed by atoms with Crippen molar-refractivity contribution in [3.05, 3.63) is 52.8 Å². The predicted molar refractivity (Wildman–Crippen MR) is 130 cm³/mol. The molecular weight excluding hydrogens is 531 g/mol. The van der Waals surface area contributed by atoms with Gasteiger partial charge in [0.25, 0.3) is 0 Å². The highest BCUT2D eigenvalue weighted by Crippen LogP contribution is 2.51. The molecule has 3 rings (SSSR count). The molecule has 4 N–H and O–H groups in total. The number of aliphatic hydroxyl groups is 2. The number of nitrogen functional groups attached to an aromatic ring is 1. The van der Waals surface area contributed by atoms with E-state index in [0.29, 0.717) is 6.20 Å². The molecule has 0 radical (unpaired) electrons. The molecule has 0 spiro atoms. The Morgan fingerprint density at radius 1 is 1.37 bits per heavy atom. The van der Waals surface area contributed by atoms with E-state index in [1.165, 1.54) is 31.2 Å². The first-order chi connectivity index (χ1) is 18.5. The first kappa shape index (κ1) is 26.7. The Labute approximate surface area is 219 Å². The van der Waals surface area contributed by atoms with Crippen LogP contribution in [0.2, 0.25) is 0 Å². The van der Waals surface area contributed by atoms with Gasteiger partial charge in [0.05, 0.1) is 33.7 Å². The lowest BCUT2D eigenvalue weighted by atomic mass is 9.95. The number of nitrogens with two attached hydrogens (primary N) is 1. The van der Waals surface area contributed by atoms with E-state index in [-0.39, 0.29) is 10.3 Å². The van der Waals surface area contributed by atoms with Gasteiger partial charge in [-0.3, -0.25) is 13.9 Å². The second kappa shape index (κ2) is 11.9. The number of hydrogen-bond acceptors (Lipinski definition) is 11. The second-order valence-corrected chi connectivity index (χ2v) is 10.9. The van der Waals surface area contributed by atoms with Gasteiger partial charge in [-0.15, -0.1) is 0 Å². The number of benzene rings is 1. The highest BCUT2D eigenvalue weighted by atomic mass is 31.2. The fourth-order valence-electron chi connectivity index (χ4n) is 3.53. The number of carbonyl (C=O) groups excluding carboxylic acids is 1. The molecule has 1 saturated heterocycles. The highest BCUT2D eigenvalue weighted by Gasteiger charge is 2.57. The van der Waals surface area contributed by atoms with Gasteiger partial charge in [0, 0.05) is 0 Å². The number of aromatic nitrogens is 2. The molecule has 2 aromatic rings. The summed E-state index contributed by atoms with van der Waals surface area (Å²) < 4.78 is 80.3. The summed E-state index contributed by atoms with van der Waals surface area (Å²) in [4.78, 5) is 27.9. The number of esters is 1. The van der Waals surface area contributed by atoms with Gasteiger partial charge in [-0.1, -0.05) is 25.1 Å². The summed E-state index contributed by atoms with van der Waals surface area (Å²) in [6.07, 6.45) is -7.73. The Morgan fingerprint density at radius 2 is 2.03 bits per heavy atom. The van der Waals surface area contributed by atoms with E-state index in [9.17, 15) is 33.1 Å². The number of aliphatic hydroxyl groups excluding tert-OH is 1. The smallest absolute Gasteiger partial charge is 0.380 e. The molecule has 0 amide bonds. The molecular formula is C23H30F2N3O9P. The average molecular weight is 563 g/mol. The normalized spacial score (nSPS) is 26.8. The van der Waals surface area contributed by atoms with Gasteiger partial charge in [0.2, 0.25) is 0 Å². The van der Waals surface area contributed by atoms with Crippen LogP contribution in [0.5, 0.6) is 5.75 Å². The van der Waals surface area contributed by atoms with Gasteiger partial charge in [-0.2, -0.15) is 4.98 Å². The van der Waals surface area contributed by atoms with Crippen LogP contribution in [-0.4, -0.2) is 69.0 Å². The number of ether oxygens (including phenoxy) is 2. The second-order valence-electron chi connectivity index (χ2n) is 8.94. The van der Waals surface area contributed by atoms with E-state index in [0.717, 1.165) is 0 Å². The molecule has 15 heteroatoms. The molecule has 1 unspecified atom stereocenters. The van der Waals surface area contributed by atoms with E-state index in [4.69, 9.17) is 27.0 Å². The number of alkyl halides is 1. The molecule has 1 aromatic carbocycles. The molecule has 0 bridgehead atoms. The zero-order valence-electron chi connectivity index (χ0n) is 22.7. The maximum absolute atomic E-state index is 14.1. The summed E-state index contributed by atoms with van der Waals surface area (Å²) in [5.41, 5.74) is 0.937. The van der Waals surface area contributed by atoms with Gasteiger partial charge in [0.15, 0.2) is 23.5 Å². The Balaban J connectivity index is 1.97. The van der Waals surface area contributed by atoms with Crippen LogP contribution in [0, 0.1) is 11.7 Å². The average Bonchev–Trinajstić information content (AvgIpc) is 3.12. The van der Waals surface area contributed by atoms with Gasteiger partial charge >= 0.3 is 19.3 Å². The lowest BCUT2D eigenvalue weighted by molar-refractivity contribution is -0.151. The summed E-state index contributed by atoms with van der Waals surface area (Å²) in [7, 11) is -4.66. The Morgan fingerprint density at radius 3 is 2.63 bits per heavy atom. The predicted octanol–water partition coefficient (Wildman–Crippen LogP) is 1.80. The van der Waals surface area contributed by atoms with Gasteiger partial charge in [-0.05, 0) is 26.0 Å². The highest BCUT2D eigenvalue weighted by molar-refractivity contribution is 7.54. The summed E-state index contributed by atoms with van der Waals surface area (Å²) in [5.74, 6) is -3.97. The van der Waals surface area contributed by atoms with Crippen molar-refractivity contribution < 1.29 is 49.6 Å². The minimum Gasteiger partial charge on any atom is -0.463 e. The van der Waals surface area contributed by atoms with Crippen molar-refractivity contribution in [2.24, 2.45) is 5.92 Å². The Kier molecular flexibility index (Phi) is 8.34. The number of hydrogen-bond donors (Lipinski definition) is 3. The van der Waals surface area contributed by atoms with E-state index in [1.54, 1.807) is 19.9 Å². The van der Waals surface area contributed by atoms with Crippen LogP contribution in [0.25, 0.3) is 0 Å². The molecule has 6 atom stereocenters. The number of rotatable bonds is 11. The number of carbonyl (C=O) groups is 1. The van der Waals surface area contributed by atoms with Crippen molar-refractivity contribution in [1.29, 1.82) is 0 Å². The van der Waals surface area contributed by atoms with E-state index < -0.39 is 86.3 Å². The first-order valence-electron chi connectivity index (χ1n) is 12.4. The van der Waals surface area contributed by atoms with Crippen molar-refractivity contribution in [3.63, 3.8) is 0 Å². The van der Waals surface area contributed by atoms with Gasteiger partial charge in [-0.25, -0.2) is 18.1 Å². The molecule has 1 aliphatic rings. The van der Waals surface area contributed by atoms with Crippen LogP contribution in [0.4, 0.5) is 14.6 Å². The summed E-state index contributed by atoms with van der Waals surface area (Å²) in [6.45, 7) is -0.574. The standard InChI is InChI=1S/C23H30F2N3O9P/c1-13(2)35-20(30)14(3)11-38(33,37-15-7-5-4-6-8-15)34-10-17-18(29)23(32,12-24)21(36-17)28-9-16(25)19(26)27-22(28)31/h4-9,13-14,17-18,21,29,32H,10-12H2,1-3H3,(H2,26,27,31)/t14-,17-,18+,21-,23?,38+/m1/s1/i10D2. The molecule has 1 fully saturated rings. The SMILES string of the molecule is [2H]C([2H])(O[P@@](=O)(C[C@@H](C)C(=O)OC(C)C)Oc1ccccc1)[C@H]1O[C@@H](n2cc(F)c(N)nc2=O)C(O)(CF)[C@H]1O. The van der Waals surface area contributed by atoms with Crippen LogP contribution in [0.1, 0.15) is 29.7 Å². The number of nitrogens with zero attached hydrogens (tertiary/aromatic N) is 2. The summed E-state index contributed by atoms with van der Waals surface area (Å²) in [5, 5.41) is 21.6. The van der Waals surface area contributed by atoms with Crippen LogP contribution >= 0.6 is 7.60 Å². The number of anilines is 1. The molecule has 0 saturated carbocycles. The van der Waals surface area contributed by atoms with Crippen molar-refractivity contribution in [2.45, 2.75) is 50.9 Å². The zero-order valence-corrected chi connectivity index (χ0v) is 21.6. The third kappa shape index (κ3) is 6.56. The Hall–Kier alpha value is -2.90. The summed E-state index contributed by atoms with van der Waals surface area (Å²) in [6, 6.07) is 7.45. The third-order valence-electron chi connectivity index (χ3n) is 5.45. The topological polar surface area (TPSA) is 172 Å². The van der Waals surface area contributed by atoms with Crippen molar-refractivity contribution in [1.82, 2.24) is 9.55 Å². The molecule has 38 heavy (non-hydrogen) atoms. The van der Waals surface area contributed by atoms with Crippen LogP contribution in [0.15, 0.2) is 41.3 Å². The third-order valence-corrected chi connectivity index (χ3v) is 7.32. The van der Waals surface area contributed by atoms with Crippen molar-refractivity contribution in [2.75, 3.05) is 25.1 Å². The van der Waals surface area contributed by atoms with Crippen LogP contribution < -0.4 is 15.9 Å². The minimum absolute atomic E-state index is 0.0212. The summed E-state index contributed by atoms with van der Waals surface area (Å²) >= 11 is 0. The van der Waals surface area contributed by atoms with E-state index >= 15 is 0 Å². The molecule has 1 aromatic heterocycles. The quantitative estimate of drug-likeness (QED) is 0.269. The fraction of sp³-hybridized carbons (Fsp3) is 0.522. The van der Waals surface area contributed by atoms with Crippen molar-refractivity contribution in [3.8, 4) is 5.75 Å². The van der Waals surface area contributed by atoms with Crippen LogP contribution in [0.3, 0.4) is 0 Å². The molecule has 12 nitrogen and oxygen atoms in total. The first-order valence-corrected chi connectivity index (χ1v) is 13.2. The lowest BCUT2D eigenvalue weighted by Gasteiger charge is -2.28. The van der Waals surface area contributed by atoms with E-state index in [2.05, 4.69) is 4.98 Å². The maximum atomic E-state index is 14.1. The van der Waals surface area contributed by atoms with Crippen molar-refractivity contribution >= 4 is 19.4 Å². The van der Waals surface area contributed by atoms with Gasteiger partial charge < -0.3 is 29.9 Å². The Bertz CT molecular complexity index is 1320. The maximum Gasteiger partial charge on any atom is 0.380 e. The molecule has 0 aliphatic carbocycles. The number of para-hydroxylation sites is 1. The van der Waals surface area contributed by atoms with Gasteiger partial charge in [0.1, 0.15) is 24.6 Å². The monoisotopic (exact) mass is 563 g/mol. The van der Waals surface area contributed by atoms with E-state index in [1.807, 2.05) is 0 Å². The fourth-order valence-corrected chi connectivity index (χ4v) is 5.25. The molecule has 210 valence electrons. The zero-order chi connectivity index (χ0) is 30.0. The molecule has 1 aliphatic heterocycles. The number of halogens is 2. The van der Waals surface area contributed by atoms with Crippen LogP contribution in [-0.2, 0) is 23.4 Å². The largest absolute Gasteiger partial charge is 0.463 e.